The molecule has 5 aromatic rings. The van der Waals surface area contributed by atoms with Crippen molar-refractivity contribution in [1.29, 1.82) is 0 Å². The van der Waals surface area contributed by atoms with Gasteiger partial charge in [-0.3, -0.25) is 4.79 Å². The van der Waals surface area contributed by atoms with Gasteiger partial charge in [0.05, 0.1) is 11.3 Å². The van der Waals surface area contributed by atoms with Crippen molar-refractivity contribution in [1.82, 2.24) is 24.4 Å². The predicted molar refractivity (Wildman–Crippen MR) is 111 cm³/mol. The number of thiophene rings is 1. The Bertz CT molecular complexity index is 1340. The number of aryl methyl sites for hydroxylation is 3. The zero-order chi connectivity index (χ0) is 19.1. The standard InChI is InChI=1S/C21H17N5OS/c1-14-18(15-6-3-2-4-7-15)20-23-22-19-17(26(20)24-14)10-12-25(21(19)27)11-9-16-8-5-13-28-16/h2-8,10,12-13H,9,11H2,1H3. The van der Waals surface area contributed by atoms with Gasteiger partial charge in [-0.25, -0.2) is 4.52 Å². The van der Waals surface area contributed by atoms with Gasteiger partial charge in [-0.05, 0) is 36.4 Å². The highest BCUT2D eigenvalue weighted by molar-refractivity contribution is 7.09. The van der Waals surface area contributed by atoms with Crippen LogP contribution in [0.25, 0.3) is 27.8 Å². The number of nitrogens with zero attached hydrogens (tertiary/aromatic N) is 5. The van der Waals surface area contributed by atoms with Gasteiger partial charge in [0.1, 0.15) is 5.52 Å². The van der Waals surface area contributed by atoms with Crippen LogP contribution in [0.2, 0.25) is 0 Å². The van der Waals surface area contributed by atoms with E-state index in [1.807, 2.05) is 61.0 Å². The summed E-state index contributed by atoms with van der Waals surface area (Å²) in [7, 11) is 0. The molecule has 28 heavy (non-hydrogen) atoms. The molecule has 0 aliphatic heterocycles. The fourth-order valence-electron chi connectivity index (χ4n) is 3.49. The molecule has 6 nitrogen and oxygen atoms in total. The molecule has 4 aromatic heterocycles. The first-order valence-corrected chi connectivity index (χ1v) is 9.93. The normalized spacial score (nSPS) is 11.5. The van der Waals surface area contributed by atoms with Gasteiger partial charge in [-0.2, -0.15) is 5.10 Å². The monoisotopic (exact) mass is 387 g/mol. The summed E-state index contributed by atoms with van der Waals surface area (Å²) in [6.45, 7) is 2.56. The van der Waals surface area contributed by atoms with Crippen LogP contribution in [0.5, 0.6) is 0 Å². The maximum absolute atomic E-state index is 12.9. The van der Waals surface area contributed by atoms with Gasteiger partial charge in [-0.1, -0.05) is 36.4 Å². The second-order valence-electron chi connectivity index (χ2n) is 6.64. The van der Waals surface area contributed by atoms with Crippen molar-refractivity contribution in [3.8, 4) is 11.1 Å². The molecule has 0 aliphatic rings. The van der Waals surface area contributed by atoms with Gasteiger partial charge >= 0.3 is 0 Å². The van der Waals surface area contributed by atoms with E-state index in [0.717, 1.165) is 23.2 Å². The van der Waals surface area contributed by atoms with Crippen LogP contribution in [0.15, 0.2) is 64.9 Å². The molecule has 0 saturated carbocycles. The molecule has 0 spiro atoms. The van der Waals surface area contributed by atoms with E-state index in [9.17, 15) is 4.79 Å². The van der Waals surface area contributed by atoms with Crippen molar-refractivity contribution in [2.45, 2.75) is 19.9 Å². The quantitative estimate of drug-likeness (QED) is 0.471. The fourth-order valence-corrected chi connectivity index (χ4v) is 4.19. The van der Waals surface area contributed by atoms with Crippen LogP contribution in [-0.4, -0.2) is 24.4 Å². The number of rotatable bonds is 4. The lowest BCUT2D eigenvalue weighted by atomic mass is 10.1. The number of pyridine rings is 1. The van der Waals surface area contributed by atoms with Gasteiger partial charge in [0.25, 0.3) is 5.56 Å². The van der Waals surface area contributed by atoms with Gasteiger partial charge in [0, 0.05) is 17.6 Å². The van der Waals surface area contributed by atoms with Gasteiger partial charge < -0.3 is 4.57 Å². The van der Waals surface area contributed by atoms with Crippen LogP contribution in [0.1, 0.15) is 10.6 Å². The van der Waals surface area contributed by atoms with Crippen LogP contribution in [0, 0.1) is 6.92 Å². The predicted octanol–water partition coefficient (Wildman–Crippen LogP) is 3.72. The molecule has 0 fully saturated rings. The molecular weight excluding hydrogens is 370 g/mol. The van der Waals surface area contributed by atoms with Crippen LogP contribution < -0.4 is 5.56 Å². The molecule has 0 saturated heterocycles. The Balaban J connectivity index is 1.63. The summed E-state index contributed by atoms with van der Waals surface area (Å²) in [6, 6.07) is 16.0. The average molecular weight is 387 g/mol. The first-order chi connectivity index (χ1) is 13.7. The smallest absolute Gasteiger partial charge is 0.280 e. The molecule has 0 N–H and O–H groups in total. The zero-order valence-electron chi connectivity index (χ0n) is 15.2. The van der Waals surface area contributed by atoms with Crippen LogP contribution >= 0.6 is 11.3 Å². The molecule has 0 amide bonds. The Morgan fingerprint density at radius 2 is 1.89 bits per heavy atom. The first kappa shape index (κ1) is 16.8. The Hall–Kier alpha value is -3.32. The second-order valence-corrected chi connectivity index (χ2v) is 7.67. The van der Waals surface area contributed by atoms with E-state index < -0.39 is 0 Å². The molecule has 5 rings (SSSR count). The van der Waals surface area contributed by atoms with Crippen LogP contribution in [0.4, 0.5) is 0 Å². The van der Waals surface area contributed by atoms with E-state index in [0.29, 0.717) is 23.2 Å². The maximum atomic E-state index is 12.9. The highest BCUT2D eigenvalue weighted by Crippen LogP contribution is 2.27. The highest BCUT2D eigenvalue weighted by Gasteiger charge is 2.17. The number of benzene rings is 1. The minimum absolute atomic E-state index is 0.141. The summed E-state index contributed by atoms with van der Waals surface area (Å²) >= 11 is 1.70. The molecule has 0 atom stereocenters. The lowest BCUT2D eigenvalue weighted by Crippen LogP contribution is -2.22. The van der Waals surface area contributed by atoms with E-state index in [1.54, 1.807) is 20.4 Å². The van der Waals surface area contributed by atoms with Crippen molar-refractivity contribution in [3.63, 3.8) is 0 Å². The minimum atomic E-state index is -0.141. The zero-order valence-corrected chi connectivity index (χ0v) is 16.1. The summed E-state index contributed by atoms with van der Waals surface area (Å²) in [5.74, 6) is 0. The number of aromatic nitrogens is 5. The van der Waals surface area contributed by atoms with E-state index in [2.05, 4.69) is 21.4 Å². The summed E-state index contributed by atoms with van der Waals surface area (Å²) < 4.78 is 3.42. The first-order valence-electron chi connectivity index (χ1n) is 9.05. The maximum Gasteiger partial charge on any atom is 0.280 e. The molecule has 4 heterocycles. The minimum Gasteiger partial charge on any atom is -0.313 e. The topological polar surface area (TPSA) is 65.1 Å². The van der Waals surface area contributed by atoms with Crippen molar-refractivity contribution < 1.29 is 0 Å². The van der Waals surface area contributed by atoms with Crippen molar-refractivity contribution >= 4 is 28.0 Å². The summed E-state index contributed by atoms with van der Waals surface area (Å²) in [5.41, 5.74) is 4.36. The van der Waals surface area contributed by atoms with Crippen LogP contribution in [-0.2, 0) is 13.0 Å². The van der Waals surface area contributed by atoms with E-state index >= 15 is 0 Å². The molecule has 138 valence electrons. The van der Waals surface area contributed by atoms with E-state index in [1.165, 1.54) is 4.88 Å². The molecule has 0 aliphatic carbocycles. The Morgan fingerprint density at radius 3 is 2.68 bits per heavy atom. The number of fused-ring (bicyclic) bond motifs is 3. The largest absolute Gasteiger partial charge is 0.313 e. The third-order valence-electron chi connectivity index (χ3n) is 4.87. The van der Waals surface area contributed by atoms with Crippen molar-refractivity contribution in [2.75, 3.05) is 0 Å². The lowest BCUT2D eigenvalue weighted by Gasteiger charge is -2.07. The SMILES string of the molecule is Cc1nn2c(nnc3c(=O)n(CCc4cccs4)ccc32)c1-c1ccccc1. The van der Waals surface area contributed by atoms with Gasteiger partial charge in [-0.15, -0.1) is 21.5 Å². The summed E-state index contributed by atoms with van der Waals surface area (Å²) in [5, 5.41) is 15.3. The third-order valence-corrected chi connectivity index (χ3v) is 5.81. The van der Waals surface area contributed by atoms with Crippen molar-refractivity contribution in [3.05, 3.63) is 81.0 Å². The molecule has 7 heteroatoms. The Morgan fingerprint density at radius 1 is 1.04 bits per heavy atom. The van der Waals surface area contributed by atoms with Gasteiger partial charge in [0.2, 0.25) is 0 Å². The van der Waals surface area contributed by atoms with Crippen LogP contribution in [0.3, 0.4) is 0 Å². The average Bonchev–Trinajstić information content (AvgIpc) is 3.35. The third kappa shape index (κ3) is 2.71. The van der Waals surface area contributed by atoms with E-state index in [-0.39, 0.29) is 5.56 Å². The molecule has 0 bridgehead atoms. The number of hydrogen-bond acceptors (Lipinski definition) is 5. The Kier molecular flexibility index (Phi) is 4.02. The summed E-state index contributed by atoms with van der Waals surface area (Å²) in [6.07, 6.45) is 2.64. The number of hydrogen-bond donors (Lipinski definition) is 0. The molecular formula is C21H17N5OS. The lowest BCUT2D eigenvalue weighted by molar-refractivity contribution is 0.676. The van der Waals surface area contributed by atoms with Crippen molar-refractivity contribution in [2.24, 2.45) is 0 Å². The summed E-state index contributed by atoms with van der Waals surface area (Å²) in [4.78, 5) is 14.2. The second kappa shape index (κ2) is 6.69. The molecule has 1 aromatic carbocycles. The fraction of sp³-hybridized carbons (Fsp3) is 0.143. The highest BCUT2D eigenvalue weighted by atomic mass is 32.1. The molecule has 0 unspecified atom stereocenters. The van der Waals surface area contributed by atoms with Gasteiger partial charge in [0.15, 0.2) is 11.2 Å². The van der Waals surface area contributed by atoms with E-state index in [4.69, 9.17) is 0 Å². The Labute approximate surface area is 164 Å². The molecule has 0 radical (unpaired) electrons.